The average Bonchev–Trinajstić information content (AvgIpc) is 2.57. The Labute approximate surface area is 142 Å². The summed E-state index contributed by atoms with van der Waals surface area (Å²) in [5.74, 6) is 0.737. The summed E-state index contributed by atoms with van der Waals surface area (Å²) < 4.78 is 0. The van der Waals surface area contributed by atoms with Gasteiger partial charge in [0.15, 0.2) is 0 Å². The van der Waals surface area contributed by atoms with Crippen molar-refractivity contribution >= 4 is 28.6 Å². The fourth-order valence-electron chi connectivity index (χ4n) is 3.13. The van der Waals surface area contributed by atoms with Crippen molar-refractivity contribution in [1.29, 1.82) is 0 Å². The van der Waals surface area contributed by atoms with Crippen LogP contribution in [-0.2, 0) is 4.79 Å². The molecular formula is C19H24N2OS. The minimum Gasteiger partial charge on any atom is -0.342 e. The van der Waals surface area contributed by atoms with Crippen LogP contribution >= 0.6 is 11.8 Å². The molecule has 122 valence electrons. The van der Waals surface area contributed by atoms with Gasteiger partial charge in [0.1, 0.15) is 5.03 Å². The first kappa shape index (κ1) is 16.3. The van der Waals surface area contributed by atoms with Gasteiger partial charge in [-0.15, -0.1) is 0 Å². The summed E-state index contributed by atoms with van der Waals surface area (Å²) in [4.78, 5) is 19.2. The van der Waals surface area contributed by atoms with Crippen molar-refractivity contribution in [2.75, 3.05) is 18.8 Å². The number of amides is 1. The second-order valence-corrected chi connectivity index (χ2v) is 7.40. The van der Waals surface area contributed by atoms with Crippen LogP contribution in [0, 0.1) is 20.8 Å². The molecule has 23 heavy (non-hydrogen) atoms. The number of likely N-dealkylation sites (tertiary alicyclic amines) is 1. The zero-order chi connectivity index (χ0) is 16.4. The molecule has 0 atom stereocenters. The summed E-state index contributed by atoms with van der Waals surface area (Å²) in [5.41, 5.74) is 4.66. The van der Waals surface area contributed by atoms with E-state index >= 15 is 0 Å². The number of aryl methyl sites for hydroxylation is 3. The number of aromatic nitrogens is 1. The number of hydrogen-bond donors (Lipinski definition) is 0. The molecule has 1 aromatic carbocycles. The first-order chi connectivity index (χ1) is 11.1. The molecule has 0 N–H and O–H groups in total. The zero-order valence-electron chi connectivity index (χ0n) is 14.2. The Morgan fingerprint density at radius 3 is 2.52 bits per heavy atom. The third kappa shape index (κ3) is 3.52. The lowest BCUT2D eigenvalue weighted by Crippen LogP contribution is -2.36. The predicted molar refractivity (Wildman–Crippen MR) is 97.1 cm³/mol. The molecule has 1 fully saturated rings. The maximum absolute atomic E-state index is 12.3. The maximum atomic E-state index is 12.3. The largest absolute Gasteiger partial charge is 0.342 e. The second kappa shape index (κ2) is 6.91. The number of nitrogens with zero attached hydrogens (tertiary/aromatic N) is 2. The molecule has 2 aromatic rings. The van der Waals surface area contributed by atoms with Crippen molar-refractivity contribution in [3.05, 3.63) is 34.9 Å². The maximum Gasteiger partial charge on any atom is 0.232 e. The highest BCUT2D eigenvalue weighted by atomic mass is 32.2. The third-order valence-corrected chi connectivity index (χ3v) is 5.67. The Morgan fingerprint density at radius 2 is 1.78 bits per heavy atom. The Bertz CT molecular complexity index is 736. The van der Waals surface area contributed by atoms with Gasteiger partial charge in [0.25, 0.3) is 0 Å². The summed E-state index contributed by atoms with van der Waals surface area (Å²) in [6, 6.07) is 6.47. The van der Waals surface area contributed by atoms with E-state index in [2.05, 4.69) is 39.0 Å². The van der Waals surface area contributed by atoms with E-state index in [9.17, 15) is 4.79 Å². The Balaban J connectivity index is 1.78. The molecule has 0 unspecified atom stereocenters. The van der Waals surface area contributed by atoms with Crippen molar-refractivity contribution in [2.45, 2.75) is 45.1 Å². The van der Waals surface area contributed by atoms with Gasteiger partial charge >= 0.3 is 0 Å². The number of pyridine rings is 1. The van der Waals surface area contributed by atoms with Gasteiger partial charge in [0.05, 0.1) is 11.3 Å². The molecule has 1 aromatic heterocycles. The average molecular weight is 328 g/mol. The molecule has 1 aliphatic rings. The predicted octanol–water partition coefficient (Wildman–Crippen LogP) is 4.26. The van der Waals surface area contributed by atoms with Crippen molar-refractivity contribution in [3.63, 3.8) is 0 Å². The lowest BCUT2D eigenvalue weighted by molar-refractivity contribution is -0.129. The van der Waals surface area contributed by atoms with Gasteiger partial charge in [-0.2, -0.15) is 0 Å². The Morgan fingerprint density at radius 1 is 1.09 bits per heavy atom. The highest BCUT2D eigenvalue weighted by Crippen LogP contribution is 2.28. The van der Waals surface area contributed by atoms with Gasteiger partial charge in [-0.3, -0.25) is 4.79 Å². The summed E-state index contributed by atoms with van der Waals surface area (Å²) in [6.07, 6.45) is 3.53. The van der Waals surface area contributed by atoms with E-state index < -0.39 is 0 Å². The summed E-state index contributed by atoms with van der Waals surface area (Å²) in [7, 11) is 0. The van der Waals surface area contributed by atoms with Crippen LogP contribution in [0.1, 0.15) is 36.0 Å². The Kier molecular flexibility index (Phi) is 4.90. The number of piperidine rings is 1. The van der Waals surface area contributed by atoms with E-state index in [-0.39, 0.29) is 5.91 Å². The van der Waals surface area contributed by atoms with Gasteiger partial charge in [-0.25, -0.2) is 4.98 Å². The molecule has 1 saturated heterocycles. The van der Waals surface area contributed by atoms with Gasteiger partial charge in [0, 0.05) is 18.5 Å². The van der Waals surface area contributed by atoms with Crippen molar-refractivity contribution in [3.8, 4) is 0 Å². The van der Waals surface area contributed by atoms with Gasteiger partial charge in [0.2, 0.25) is 5.91 Å². The fourth-order valence-corrected chi connectivity index (χ4v) is 4.01. The highest BCUT2D eigenvalue weighted by molar-refractivity contribution is 7.99. The molecule has 2 heterocycles. The summed E-state index contributed by atoms with van der Waals surface area (Å²) >= 11 is 1.58. The van der Waals surface area contributed by atoms with Crippen molar-refractivity contribution in [1.82, 2.24) is 9.88 Å². The molecule has 4 heteroatoms. The van der Waals surface area contributed by atoms with Crippen molar-refractivity contribution in [2.24, 2.45) is 0 Å². The number of thioether (sulfide) groups is 1. The standard InChI is InChI=1S/C19H24N2OS/c1-13-7-8-14(2)18-16(13)11-15(3)19(20-18)23-12-17(22)21-9-5-4-6-10-21/h7-8,11H,4-6,9-10,12H2,1-3H3. The number of benzene rings is 1. The molecule has 0 spiro atoms. The molecule has 0 aliphatic carbocycles. The number of fused-ring (bicyclic) bond motifs is 1. The SMILES string of the molecule is Cc1cc2c(C)ccc(C)c2nc1SCC(=O)N1CCCCC1. The van der Waals surface area contributed by atoms with E-state index in [4.69, 9.17) is 4.98 Å². The first-order valence-electron chi connectivity index (χ1n) is 8.34. The summed E-state index contributed by atoms with van der Waals surface area (Å²) in [5, 5.41) is 2.20. The van der Waals surface area contributed by atoms with E-state index in [1.54, 1.807) is 11.8 Å². The normalized spacial score (nSPS) is 15.2. The number of rotatable bonds is 3. The number of hydrogen-bond acceptors (Lipinski definition) is 3. The topological polar surface area (TPSA) is 33.2 Å². The van der Waals surface area contributed by atoms with E-state index in [1.165, 1.54) is 22.9 Å². The molecule has 3 nitrogen and oxygen atoms in total. The van der Waals surface area contributed by atoms with Gasteiger partial charge in [-0.1, -0.05) is 23.9 Å². The van der Waals surface area contributed by atoms with Crippen LogP contribution in [0.25, 0.3) is 10.9 Å². The number of carbonyl (C=O) groups excluding carboxylic acids is 1. The monoisotopic (exact) mass is 328 g/mol. The van der Waals surface area contributed by atoms with Crippen molar-refractivity contribution < 1.29 is 4.79 Å². The molecule has 1 amide bonds. The molecular weight excluding hydrogens is 304 g/mol. The minimum absolute atomic E-state index is 0.247. The smallest absolute Gasteiger partial charge is 0.232 e. The second-order valence-electron chi connectivity index (χ2n) is 6.44. The fraction of sp³-hybridized carbons (Fsp3) is 0.474. The van der Waals surface area contributed by atoms with E-state index in [0.717, 1.165) is 42.0 Å². The highest BCUT2D eigenvalue weighted by Gasteiger charge is 2.17. The van der Waals surface area contributed by atoms with Crippen LogP contribution in [0.4, 0.5) is 0 Å². The van der Waals surface area contributed by atoms with E-state index in [0.29, 0.717) is 5.75 Å². The molecule has 0 radical (unpaired) electrons. The van der Waals surface area contributed by atoms with Crippen LogP contribution < -0.4 is 0 Å². The quantitative estimate of drug-likeness (QED) is 0.789. The molecule has 1 aliphatic heterocycles. The summed E-state index contributed by atoms with van der Waals surface area (Å²) in [6.45, 7) is 8.14. The van der Waals surface area contributed by atoms with Crippen LogP contribution in [0.15, 0.2) is 23.2 Å². The lowest BCUT2D eigenvalue weighted by Gasteiger charge is -2.26. The van der Waals surface area contributed by atoms with Crippen LogP contribution in [-0.4, -0.2) is 34.6 Å². The van der Waals surface area contributed by atoms with E-state index in [1.807, 2.05) is 4.90 Å². The molecule has 0 bridgehead atoms. The zero-order valence-corrected chi connectivity index (χ0v) is 15.0. The van der Waals surface area contributed by atoms with Crippen LogP contribution in [0.2, 0.25) is 0 Å². The first-order valence-corrected chi connectivity index (χ1v) is 9.33. The number of carbonyl (C=O) groups is 1. The lowest BCUT2D eigenvalue weighted by atomic mass is 10.0. The van der Waals surface area contributed by atoms with Gasteiger partial charge in [-0.05, 0) is 62.8 Å². The van der Waals surface area contributed by atoms with Crippen LogP contribution in [0.3, 0.4) is 0 Å². The molecule has 0 saturated carbocycles. The van der Waals surface area contributed by atoms with Crippen LogP contribution in [0.5, 0.6) is 0 Å². The van der Waals surface area contributed by atoms with Gasteiger partial charge < -0.3 is 4.90 Å². The Hall–Kier alpha value is -1.55. The minimum atomic E-state index is 0.247. The molecule has 3 rings (SSSR count). The third-order valence-electron chi connectivity index (χ3n) is 4.59.